The standard InChI is InChI=1S/C17H16N2O4/c1-21-11-4-6-13-15(8-11)19(17(20)10-18-13)14-7-5-12(22-2)9-16(14)23-3/h4-10H,1-3H3. The van der Waals surface area contributed by atoms with E-state index >= 15 is 0 Å². The number of aromatic nitrogens is 2. The van der Waals surface area contributed by atoms with Gasteiger partial charge >= 0.3 is 0 Å². The van der Waals surface area contributed by atoms with Crippen LogP contribution in [0.15, 0.2) is 47.4 Å². The van der Waals surface area contributed by atoms with Gasteiger partial charge in [-0.05, 0) is 24.3 Å². The molecule has 0 aliphatic carbocycles. The van der Waals surface area contributed by atoms with E-state index in [1.807, 2.05) is 0 Å². The van der Waals surface area contributed by atoms with Gasteiger partial charge in [0.05, 0.1) is 44.2 Å². The van der Waals surface area contributed by atoms with Gasteiger partial charge in [0, 0.05) is 12.1 Å². The number of rotatable bonds is 4. The Morgan fingerprint density at radius 3 is 2.30 bits per heavy atom. The van der Waals surface area contributed by atoms with Gasteiger partial charge in [-0.25, -0.2) is 4.98 Å². The number of fused-ring (bicyclic) bond motifs is 1. The van der Waals surface area contributed by atoms with Gasteiger partial charge in [-0.2, -0.15) is 0 Å². The van der Waals surface area contributed by atoms with Crippen molar-refractivity contribution in [3.05, 3.63) is 52.9 Å². The Morgan fingerprint density at radius 1 is 0.913 bits per heavy atom. The van der Waals surface area contributed by atoms with E-state index in [0.29, 0.717) is 34.0 Å². The van der Waals surface area contributed by atoms with E-state index in [1.54, 1.807) is 62.3 Å². The van der Waals surface area contributed by atoms with Crippen molar-refractivity contribution in [3.63, 3.8) is 0 Å². The highest BCUT2D eigenvalue weighted by atomic mass is 16.5. The summed E-state index contributed by atoms with van der Waals surface area (Å²) in [7, 11) is 4.70. The lowest BCUT2D eigenvalue weighted by molar-refractivity contribution is 0.393. The maximum Gasteiger partial charge on any atom is 0.274 e. The number of hydrogen-bond donors (Lipinski definition) is 0. The lowest BCUT2D eigenvalue weighted by Crippen LogP contribution is -2.19. The third kappa shape index (κ3) is 2.59. The Morgan fingerprint density at radius 2 is 1.61 bits per heavy atom. The lowest BCUT2D eigenvalue weighted by atomic mass is 10.2. The Hall–Kier alpha value is -3.02. The Kier molecular flexibility index (Phi) is 3.89. The summed E-state index contributed by atoms with van der Waals surface area (Å²) in [6.45, 7) is 0. The van der Waals surface area contributed by atoms with E-state index in [2.05, 4.69) is 4.98 Å². The van der Waals surface area contributed by atoms with Crippen LogP contribution in [0.3, 0.4) is 0 Å². The van der Waals surface area contributed by atoms with Gasteiger partial charge in [0.15, 0.2) is 0 Å². The second-order valence-corrected chi connectivity index (χ2v) is 4.82. The zero-order valence-electron chi connectivity index (χ0n) is 13.1. The second-order valence-electron chi connectivity index (χ2n) is 4.82. The van der Waals surface area contributed by atoms with Gasteiger partial charge in [0.1, 0.15) is 17.2 Å². The van der Waals surface area contributed by atoms with E-state index in [1.165, 1.54) is 6.20 Å². The molecule has 6 nitrogen and oxygen atoms in total. The topological polar surface area (TPSA) is 62.6 Å². The van der Waals surface area contributed by atoms with Crippen molar-refractivity contribution >= 4 is 11.0 Å². The normalized spacial score (nSPS) is 10.6. The first-order valence-corrected chi connectivity index (χ1v) is 6.96. The molecule has 0 saturated carbocycles. The van der Waals surface area contributed by atoms with Gasteiger partial charge in [-0.15, -0.1) is 0 Å². The van der Waals surface area contributed by atoms with Crippen molar-refractivity contribution in [2.75, 3.05) is 21.3 Å². The third-order valence-corrected chi connectivity index (χ3v) is 3.59. The van der Waals surface area contributed by atoms with Crippen LogP contribution < -0.4 is 19.8 Å². The summed E-state index contributed by atoms with van der Waals surface area (Å²) in [5, 5.41) is 0. The molecule has 2 aromatic carbocycles. The molecule has 3 rings (SSSR count). The molecule has 0 spiro atoms. The molecule has 0 N–H and O–H groups in total. The van der Waals surface area contributed by atoms with Crippen molar-refractivity contribution in [2.45, 2.75) is 0 Å². The van der Waals surface area contributed by atoms with E-state index in [-0.39, 0.29) is 5.56 Å². The largest absolute Gasteiger partial charge is 0.497 e. The molecule has 0 saturated heterocycles. The molecule has 1 aromatic heterocycles. The van der Waals surface area contributed by atoms with Crippen molar-refractivity contribution in [3.8, 4) is 22.9 Å². The fourth-order valence-electron chi connectivity index (χ4n) is 2.44. The van der Waals surface area contributed by atoms with E-state index < -0.39 is 0 Å². The average molecular weight is 312 g/mol. The summed E-state index contributed by atoms with van der Waals surface area (Å²) in [6.07, 6.45) is 1.29. The highest BCUT2D eigenvalue weighted by Gasteiger charge is 2.13. The van der Waals surface area contributed by atoms with Gasteiger partial charge in [-0.1, -0.05) is 0 Å². The first kappa shape index (κ1) is 14.9. The van der Waals surface area contributed by atoms with Crippen LogP contribution in [0.5, 0.6) is 17.2 Å². The molecule has 0 bridgehead atoms. The van der Waals surface area contributed by atoms with Crippen molar-refractivity contribution < 1.29 is 14.2 Å². The predicted octanol–water partition coefficient (Wildman–Crippen LogP) is 2.41. The zero-order valence-corrected chi connectivity index (χ0v) is 13.1. The SMILES string of the molecule is COc1ccc(-n2c(=O)cnc3ccc(OC)cc32)c(OC)c1. The molecule has 0 aliphatic rings. The molecular formula is C17H16N2O4. The molecule has 0 amide bonds. The van der Waals surface area contributed by atoms with E-state index in [0.717, 1.165) is 0 Å². The summed E-state index contributed by atoms with van der Waals surface area (Å²) in [6, 6.07) is 10.7. The highest BCUT2D eigenvalue weighted by Crippen LogP contribution is 2.29. The zero-order chi connectivity index (χ0) is 16.4. The molecule has 6 heteroatoms. The Bertz CT molecular complexity index is 918. The summed E-state index contributed by atoms with van der Waals surface area (Å²) in [5.41, 5.74) is 1.68. The van der Waals surface area contributed by atoms with Crippen LogP contribution in [0, 0.1) is 0 Å². The van der Waals surface area contributed by atoms with Crippen molar-refractivity contribution in [1.82, 2.24) is 9.55 Å². The first-order valence-electron chi connectivity index (χ1n) is 6.96. The predicted molar refractivity (Wildman–Crippen MR) is 87.0 cm³/mol. The van der Waals surface area contributed by atoms with Gasteiger partial charge < -0.3 is 14.2 Å². The van der Waals surface area contributed by atoms with E-state index in [4.69, 9.17) is 14.2 Å². The minimum Gasteiger partial charge on any atom is -0.497 e. The minimum atomic E-state index is -0.255. The second kappa shape index (κ2) is 6.00. The number of ether oxygens (including phenoxy) is 3. The number of methoxy groups -OCH3 is 3. The van der Waals surface area contributed by atoms with Gasteiger partial charge in [-0.3, -0.25) is 9.36 Å². The molecule has 0 unspecified atom stereocenters. The molecule has 1 heterocycles. The fourth-order valence-corrected chi connectivity index (χ4v) is 2.44. The Labute approximate surface area is 132 Å². The summed E-state index contributed by atoms with van der Waals surface area (Å²) >= 11 is 0. The molecule has 3 aromatic rings. The van der Waals surface area contributed by atoms with Gasteiger partial charge in [0.2, 0.25) is 0 Å². The summed E-state index contributed by atoms with van der Waals surface area (Å²) in [5.74, 6) is 1.82. The average Bonchev–Trinajstić information content (AvgIpc) is 2.60. The highest BCUT2D eigenvalue weighted by molar-refractivity contribution is 5.79. The Balaban J connectivity index is 2.35. The van der Waals surface area contributed by atoms with Crippen LogP contribution in [-0.2, 0) is 0 Å². The van der Waals surface area contributed by atoms with Crippen LogP contribution >= 0.6 is 0 Å². The summed E-state index contributed by atoms with van der Waals surface area (Å²) < 4.78 is 17.4. The first-order chi connectivity index (χ1) is 11.2. The molecule has 0 atom stereocenters. The van der Waals surface area contributed by atoms with Crippen LogP contribution in [0.1, 0.15) is 0 Å². The third-order valence-electron chi connectivity index (χ3n) is 3.59. The smallest absolute Gasteiger partial charge is 0.274 e. The van der Waals surface area contributed by atoms with E-state index in [9.17, 15) is 4.79 Å². The maximum absolute atomic E-state index is 12.4. The maximum atomic E-state index is 12.4. The monoisotopic (exact) mass is 312 g/mol. The fraction of sp³-hybridized carbons (Fsp3) is 0.176. The molecule has 0 aliphatic heterocycles. The van der Waals surface area contributed by atoms with Crippen LogP contribution in [0.4, 0.5) is 0 Å². The minimum absolute atomic E-state index is 0.255. The summed E-state index contributed by atoms with van der Waals surface area (Å²) in [4.78, 5) is 16.6. The molecule has 0 radical (unpaired) electrons. The molecule has 118 valence electrons. The quantitative estimate of drug-likeness (QED) is 0.740. The number of hydrogen-bond acceptors (Lipinski definition) is 5. The molecule has 0 fully saturated rings. The van der Waals surface area contributed by atoms with Crippen molar-refractivity contribution in [2.24, 2.45) is 0 Å². The molecule has 23 heavy (non-hydrogen) atoms. The lowest BCUT2D eigenvalue weighted by Gasteiger charge is -2.14. The molecular weight excluding hydrogens is 296 g/mol. The van der Waals surface area contributed by atoms with Crippen LogP contribution in [0.25, 0.3) is 16.7 Å². The van der Waals surface area contributed by atoms with Crippen LogP contribution in [-0.4, -0.2) is 30.9 Å². The number of nitrogens with zero attached hydrogens (tertiary/aromatic N) is 2. The van der Waals surface area contributed by atoms with Gasteiger partial charge in [0.25, 0.3) is 5.56 Å². The van der Waals surface area contributed by atoms with Crippen LogP contribution in [0.2, 0.25) is 0 Å². The number of benzene rings is 2. The van der Waals surface area contributed by atoms with Crippen molar-refractivity contribution in [1.29, 1.82) is 0 Å².